The van der Waals surface area contributed by atoms with Crippen LogP contribution >= 0.6 is 0 Å². The molecule has 11 heavy (non-hydrogen) atoms. The van der Waals surface area contributed by atoms with Crippen LogP contribution in [0.3, 0.4) is 0 Å². The zero-order chi connectivity index (χ0) is 8.01. The highest BCUT2D eigenvalue weighted by Crippen LogP contribution is 2.49. The van der Waals surface area contributed by atoms with Gasteiger partial charge in [-0.1, -0.05) is 0 Å². The van der Waals surface area contributed by atoms with E-state index in [0.717, 1.165) is 12.8 Å². The molecule has 2 aliphatic carbocycles. The third-order valence-electron chi connectivity index (χ3n) is 3.16. The van der Waals surface area contributed by atoms with Gasteiger partial charge in [0.25, 0.3) is 0 Å². The number of carboxylic acid groups (broad SMARTS) is 1. The average Bonchev–Trinajstić information content (AvgIpc) is 2.41. The zero-order valence-corrected chi connectivity index (χ0v) is 6.23. The fourth-order valence-electron chi connectivity index (χ4n) is 2.68. The van der Waals surface area contributed by atoms with E-state index >= 15 is 0 Å². The van der Waals surface area contributed by atoms with Crippen molar-refractivity contribution >= 4 is 5.97 Å². The predicted molar refractivity (Wildman–Crippen MR) is 38.0 cm³/mol. The lowest BCUT2D eigenvalue weighted by Gasteiger charge is -2.14. The summed E-state index contributed by atoms with van der Waals surface area (Å²) in [4.78, 5) is 10.7. The Balaban J connectivity index is 2.19. The molecule has 2 saturated carbocycles. The highest BCUT2D eigenvalue weighted by molar-refractivity contribution is 5.71. The SMILES string of the molecule is O=C(O)C1[C@@H]2CC[C@H]1C(O)C2. The van der Waals surface area contributed by atoms with Crippen molar-refractivity contribution in [3.63, 3.8) is 0 Å². The van der Waals surface area contributed by atoms with E-state index in [1.807, 2.05) is 0 Å². The molecule has 3 nitrogen and oxygen atoms in total. The lowest BCUT2D eigenvalue weighted by atomic mass is 9.97. The van der Waals surface area contributed by atoms with E-state index < -0.39 is 5.97 Å². The van der Waals surface area contributed by atoms with E-state index in [0.29, 0.717) is 6.42 Å². The molecule has 0 spiro atoms. The molecule has 2 aliphatic rings. The number of aliphatic carboxylic acids is 1. The second-order valence-electron chi connectivity index (χ2n) is 3.67. The molecule has 4 atom stereocenters. The van der Waals surface area contributed by atoms with Gasteiger partial charge in [-0.25, -0.2) is 0 Å². The Bertz CT molecular complexity index is 190. The van der Waals surface area contributed by atoms with Crippen LogP contribution < -0.4 is 0 Å². The highest BCUT2D eigenvalue weighted by Gasteiger charge is 2.50. The Morgan fingerprint density at radius 1 is 1.36 bits per heavy atom. The molecule has 0 aliphatic heterocycles. The first-order valence-corrected chi connectivity index (χ1v) is 4.11. The fourth-order valence-corrected chi connectivity index (χ4v) is 2.68. The average molecular weight is 156 g/mol. The number of hydrogen-bond acceptors (Lipinski definition) is 2. The van der Waals surface area contributed by atoms with Gasteiger partial charge in [-0.05, 0) is 31.1 Å². The third kappa shape index (κ3) is 0.872. The molecule has 0 saturated heterocycles. The van der Waals surface area contributed by atoms with Gasteiger partial charge in [-0.15, -0.1) is 0 Å². The fraction of sp³-hybridized carbons (Fsp3) is 0.875. The molecular formula is C8H12O3. The van der Waals surface area contributed by atoms with E-state index in [4.69, 9.17) is 5.11 Å². The summed E-state index contributed by atoms with van der Waals surface area (Å²) in [7, 11) is 0. The zero-order valence-electron chi connectivity index (χ0n) is 6.23. The van der Waals surface area contributed by atoms with Crippen LogP contribution in [0.1, 0.15) is 19.3 Å². The number of rotatable bonds is 1. The molecular weight excluding hydrogens is 144 g/mol. The van der Waals surface area contributed by atoms with Gasteiger partial charge in [0.1, 0.15) is 0 Å². The summed E-state index contributed by atoms with van der Waals surface area (Å²) in [5, 5.41) is 18.2. The van der Waals surface area contributed by atoms with E-state index in [2.05, 4.69) is 0 Å². The van der Waals surface area contributed by atoms with E-state index in [-0.39, 0.29) is 23.9 Å². The van der Waals surface area contributed by atoms with Crippen molar-refractivity contribution in [2.45, 2.75) is 25.4 Å². The van der Waals surface area contributed by atoms with Crippen LogP contribution in [0.5, 0.6) is 0 Å². The summed E-state index contributed by atoms with van der Waals surface area (Å²) < 4.78 is 0. The lowest BCUT2D eigenvalue weighted by Crippen LogP contribution is -2.22. The van der Waals surface area contributed by atoms with Crippen LogP contribution in [0.2, 0.25) is 0 Å². The van der Waals surface area contributed by atoms with Gasteiger partial charge < -0.3 is 10.2 Å². The number of carboxylic acids is 1. The minimum atomic E-state index is -0.714. The van der Waals surface area contributed by atoms with Gasteiger partial charge >= 0.3 is 5.97 Å². The van der Waals surface area contributed by atoms with Gasteiger partial charge in [0, 0.05) is 0 Å². The molecule has 2 unspecified atom stereocenters. The summed E-state index contributed by atoms with van der Waals surface area (Å²) in [6.45, 7) is 0. The number of aliphatic hydroxyl groups is 1. The summed E-state index contributed by atoms with van der Waals surface area (Å²) in [6, 6.07) is 0. The Morgan fingerprint density at radius 2 is 2.09 bits per heavy atom. The quantitative estimate of drug-likeness (QED) is 0.580. The van der Waals surface area contributed by atoms with Crippen LogP contribution in [0.4, 0.5) is 0 Å². The lowest BCUT2D eigenvalue weighted by molar-refractivity contribution is -0.143. The second kappa shape index (κ2) is 2.21. The Morgan fingerprint density at radius 3 is 2.36 bits per heavy atom. The summed E-state index contributed by atoms with van der Waals surface area (Å²) >= 11 is 0. The van der Waals surface area contributed by atoms with Gasteiger partial charge in [0.2, 0.25) is 0 Å². The first-order chi connectivity index (χ1) is 5.20. The molecule has 2 N–H and O–H groups in total. The van der Waals surface area contributed by atoms with Crippen molar-refractivity contribution in [2.24, 2.45) is 17.8 Å². The molecule has 0 aromatic carbocycles. The molecule has 3 heteroatoms. The van der Waals surface area contributed by atoms with Crippen LogP contribution in [-0.4, -0.2) is 22.3 Å². The number of aliphatic hydroxyl groups excluding tert-OH is 1. The molecule has 0 radical (unpaired) electrons. The van der Waals surface area contributed by atoms with Gasteiger partial charge in [0.05, 0.1) is 12.0 Å². The smallest absolute Gasteiger partial charge is 0.307 e. The van der Waals surface area contributed by atoms with Gasteiger partial charge in [-0.2, -0.15) is 0 Å². The maximum absolute atomic E-state index is 10.7. The first-order valence-electron chi connectivity index (χ1n) is 4.11. The normalized spacial score (nSPS) is 48.1. The Hall–Kier alpha value is -0.570. The molecule has 0 aromatic rings. The van der Waals surface area contributed by atoms with Crippen LogP contribution in [0.15, 0.2) is 0 Å². The Kier molecular flexibility index (Phi) is 1.42. The van der Waals surface area contributed by atoms with Crippen molar-refractivity contribution in [1.29, 1.82) is 0 Å². The van der Waals surface area contributed by atoms with Crippen LogP contribution in [0.25, 0.3) is 0 Å². The maximum Gasteiger partial charge on any atom is 0.307 e. The molecule has 0 amide bonds. The minimum absolute atomic E-state index is 0.0532. The second-order valence-corrected chi connectivity index (χ2v) is 3.67. The number of hydrogen-bond donors (Lipinski definition) is 2. The van der Waals surface area contributed by atoms with Crippen molar-refractivity contribution in [3.05, 3.63) is 0 Å². The number of fused-ring (bicyclic) bond motifs is 2. The minimum Gasteiger partial charge on any atom is -0.481 e. The first kappa shape index (κ1) is 7.10. The van der Waals surface area contributed by atoms with Gasteiger partial charge in [-0.3, -0.25) is 4.79 Å². The van der Waals surface area contributed by atoms with Crippen LogP contribution in [-0.2, 0) is 4.79 Å². The largest absolute Gasteiger partial charge is 0.481 e. The van der Waals surface area contributed by atoms with Crippen LogP contribution in [0, 0.1) is 17.8 Å². The Labute approximate surface area is 65.0 Å². The van der Waals surface area contributed by atoms with Crippen molar-refractivity contribution in [2.75, 3.05) is 0 Å². The monoisotopic (exact) mass is 156 g/mol. The third-order valence-corrected chi connectivity index (χ3v) is 3.16. The molecule has 0 heterocycles. The maximum atomic E-state index is 10.7. The molecule has 2 rings (SSSR count). The van der Waals surface area contributed by atoms with E-state index in [1.165, 1.54) is 0 Å². The molecule has 2 fully saturated rings. The van der Waals surface area contributed by atoms with E-state index in [1.54, 1.807) is 0 Å². The summed E-state index contributed by atoms with van der Waals surface area (Å²) in [5.41, 5.74) is 0. The molecule has 62 valence electrons. The van der Waals surface area contributed by atoms with Crippen molar-refractivity contribution in [3.8, 4) is 0 Å². The summed E-state index contributed by atoms with van der Waals surface area (Å²) in [5.74, 6) is -0.649. The standard InChI is InChI=1S/C8H12O3/c9-6-3-4-1-2-5(6)7(4)8(10)11/h4-7,9H,1-3H2,(H,10,11)/t4-,5+,6?,7?/m1/s1. The van der Waals surface area contributed by atoms with Crippen molar-refractivity contribution in [1.82, 2.24) is 0 Å². The highest BCUT2D eigenvalue weighted by atomic mass is 16.4. The predicted octanol–water partition coefficient (Wildman–Crippen LogP) is 0.478. The topological polar surface area (TPSA) is 57.5 Å². The van der Waals surface area contributed by atoms with E-state index in [9.17, 15) is 9.90 Å². The summed E-state index contributed by atoms with van der Waals surface area (Å²) in [6.07, 6.45) is 2.28. The molecule has 2 bridgehead atoms. The molecule has 0 aromatic heterocycles. The van der Waals surface area contributed by atoms with Crippen molar-refractivity contribution < 1.29 is 15.0 Å². The number of carbonyl (C=O) groups is 1. The van der Waals surface area contributed by atoms with Gasteiger partial charge in [0.15, 0.2) is 0 Å².